The number of carbonyl (C=O) groups excluding carboxylic acids is 1. The molecule has 0 bridgehead atoms. The maximum absolute atomic E-state index is 12.7. The van der Waals surface area contributed by atoms with Crippen LogP contribution in [0.4, 0.5) is 0 Å². The van der Waals surface area contributed by atoms with Gasteiger partial charge in [0.15, 0.2) is 0 Å². The van der Waals surface area contributed by atoms with Gasteiger partial charge in [0.25, 0.3) is 0 Å². The SMILES string of the molecule is COc1ccccc1C(C)NC(=O)C1CCN(Cc2ccc(Cl)c(Cl)c2)CC1. The van der Waals surface area contributed by atoms with Crippen LogP contribution in [0.1, 0.15) is 36.9 Å². The van der Waals surface area contributed by atoms with Crippen molar-refractivity contribution < 1.29 is 9.53 Å². The van der Waals surface area contributed by atoms with E-state index in [0.29, 0.717) is 10.0 Å². The fourth-order valence-corrected chi connectivity index (χ4v) is 4.00. The fraction of sp³-hybridized carbons (Fsp3) is 0.409. The summed E-state index contributed by atoms with van der Waals surface area (Å²) < 4.78 is 5.40. The van der Waals surface area contributed by atoms with Gasteiger partial charge in [0.2, 0.25) is 5.91 Å². The molecule has 1 atom stereocenters. The number of halogens is 2. The lowest BCUT2D eigenvalue weighted by Gasteiger charge is -2.32. The topological polar surface area (TPSA) is 41.6 Å². The van der Waals surface area contributed by atoms with Crippen LogP contribution in [0.3, 0.4) is 0 Å². The average Bonchev–Trinajstić information content (AvgIpc) is 2.71. The largest absolute Gasteiger partial charge is 0.496 e. The number of hydrogen-bond donors (Lipinski definition) is 1. The number of piperidine rings is 1. The first-order valence-corrected chi connectivity index (χ1v) is 10.3. The normalized spacial score (nSPS) is 16.6. The number of nitrogens with zero attached hydrogens (tertiary/aromatic N) is 1. The number of para-hydroxylation sites is 1. The van der Waals surface area contributed by atoms with Crippen molar-refractivity contribution in [3.05, 3.63) is 63.6 Å². The van der Waals surface area contributed by atoms with Crippen LogP contribution in [0.5, 0.6) is 5.75 Å². The van der Waals surface area contributed by atoms with Crippen LogP contribution in [0, 0.1) is 5.92 Å². The molecular formula is C22H26Cl2N2O2. The summed E-state index contributed by atoms with van der Waals surface area (Å²) in [5.41, 5.74) is 2.14. The van der Waals surface area contributed by atoms with E-state index in [1.807, 2.05) is 49.4 Å². The van der Waals surface area contributed by atoms with Crippen molar-refractivity contribution in [1.29, 1.82) is 0 Å². The number of ether oxygens (including phenoxy) is 1. The molecule has 3 rings (SSSR count). The molecule has 0 aliphatic carbocycles. The minimum Gasteiger partial charge on any atom is -0.496 e. The number of carbonyl (C=O) groups is 1. The molecule has 0 aromatic heterocycles. The first kappa shape index (κ1) is 21.0. The highest BCUT2D eigenvalue weighted by Crippen LogP contribution is 2.27. The third kappa shape index (κ3) is 5.19. The zero-order chi connectivity index (χ0) is 20.1. The maximum Gasteiger partial charge on any atom is 0.223 e. The fourth-order valence-electron chi connectivity index (χ4n) is 3.68. The number of benzene rings is 2. The predicted molar refractivity (Wildman–Crippen MR) is 114 cm³/mol. The zero-order valence-corrected chi connectivity index (χ0v) is 17.8. The van der Waals surface area contributed by atoms with Crippen LogP contribution in [-0.2, 0) is 11.3 Å². The number of likely N-dealkylation sites (tertiary alicyclic amines) is 1. The summed E-state index contributed by atoms with van der Waals surface area (Å²) in [6.07, 6.45) is 1.71. The summed E-state index contributed by atoms with van der Waals surface area (Å²) in [6.45, 7) is 4.60. The molecule has 1 unspecified atom stereocenters. The lowest BCUT2D eigenvalue weighted by molar-refractivity contribution is -0.127. The van der Waals surface area contributed by atoms with Gasteiger partial charge in [0.05, 0.1) is 23.2 Å². The van der Waals surface area contributed by atoms with Crippen LogP contribution in [-0.4, -0.2) is 31.0 Å². The highest BCUT2D eigenvalue weighted by atomic mass is 35.5. The predicted octanol–water partition coefficient (Wildman–Crippen LogP) is 5.09. The van der Waals surface area contributed by atoms with Crippen LogP contribution >= 0.6 is 23.2 Å². The van der Waals surface area contributed by atoms with Crippen molar-refractivity contribution >= 4 is 29.1 Å². The Balaban J connectivity index is 1.51. The standard InChI is InChI=1S/C22H26Cl2N2O2/c1-15(18-5-3-4-6-21(18)28-2)25-22(27)17-9-11-26(12-10-17)14-16-7-8-19(23)20(24)13-16/h3-8,13,15,17H,9-12,14H2,1-2H3,(H,25,27). The van der Waals surface area contributed by atoms with Gasteiger partial charge in [-0.1, -0.05) is 47.5 Å². The van der Waals surface area contributed by atoms with Gasteiger partial charge in [-0.3, -0.25) is 9.69 Å². The highest BCUT2D eigenvalue weighted by molar-refractivity contribution is 6.42. The third-order valence-electron chi connectivity index (χ3n) is 5.31. The smallest absolute Gasteiger partial charge is 0.223 e. The molecule has 1 N–H and O–H groups in total. The van der Waals surface area contributed by atoms with Crippen LogP contribution in [0.25, 0.3) is 0 Å². The van der Waals surface area contributed by atoms with Crippen molar-refractivity contribution in [2.45, 2.75) is 32.4 Å². The van der Waals surface area contributed by atoms with E-state index >= 15 is 0 Å². The van der Waals surface area contributed by atoms with Gasteiger partial charge in [-0.25, -0.2) is 0 Å². The Morgan fingerprint density at radius 2 is 1.89 bits per heavy atom. The number of hydrogen-bond acceptors (Lipinski definition) is 3. The average molecular weight is 421 g/mol. The van der Waals surface area contributed by atoms with E-state index < -0.39 is 0 Å². The molecule has 150 valence electrons. The Morgan fingerprint density at radius 1 is 1.18 bits per heavy atom. The Bertz CT molecular complexity index is 820. The molecule has 1 amide bonds. The molecular weight excluding hydrogens is 395 g/mol. The molecule has 0 saturated carbocycles. The molecule has 1 heterocycles. The monoisotopic (exact) mass is 420 g/mol. The Kier molecular flexibility index (Phi) is 7.22. The van der Waals surface area contributed by atoms with Gasteiger partial charge in [0.1, 0.15) is 5.75 Å². The van der Waals surface area contributed by atoms with E-state index in [-0.39, 0.29) is 17.9 Å². The van der Waals surface area contributed by atoms with Crippen molar-refractivity contribution in [3.63, 3.8) is 0 Å². The second-order valence-electron chi connectivity index (χ2n) is 7.27. The van der Waals surface area contributed by atoms with Gasteiger partial charge in [0, 0.05) is 18.0 Å². The molecule has 6 heteroatoms. The zero-order valence-electron chi connectivity index (χ0n) is 16.3. The summed E-state index contributed by atoms with van der Waals surface area (Å²) in [6, 6.07) is 13.5. The first-order chi connectivity index (χ1) is 13.5. The molecule has 0 radical (unpaired) electrons. The highest BCUT2D eigenvalue weighted by Gasteiger charge is 2.26. The summed E-state index contributed by atoms with van der Waals surface area (Å²) in [5, 5.41) is 4.31. The minimum atomic E-state index is -0.0853. The van der Waals surface area contributed by atoms with Gasteiger partial charge in [-0.05, 0) is 56.6 Å². The number of methoxy groups -OCH3 is 1. The van der Waals surface area contributed by atoms with E-state index in [1.54, 1.807) is 7.11 Å². The Hall–Kier alpha value is -1.75. The third-order valence-corrected chi connectivity index (χ3v) is 6.05. The number of rotatable bonds is 6. The minimum absolute atomic E-state index is 0.0437. The molecule has 2 aromatic carbocycles. The second-order valence-corrected chi connectivity index (χ2v) is 8.09. The van der Waals surface area contributed by atoms with E-state index in [9.17, 15) is 4.79 Å². The van der Waals surface area contributed by atoms with E-state index in [4.69, 9.17) is 27.9 Å². The first-order valence-electron chi connectivity index (χ1n) is 9.57. The summed E-state index contributed by atoms with van der Waals surface area (Å²) in [5.74, 6) is 0.960. The van der Waals surface area contributed by atoms with Crippen molar-refractivity contribution in [2.75, 3.05) is 20.2 Å². The summed E-state index contributed by atoms with van der Waals surface area (Å²) in [4.78, 5) is 15.1. The van der Waals surface area contributed by atoms with Gasteiger partial charge in [-0.2, -0.15) is 0 Å². The molecule has 1 aliphatic rings. The molecule has 28 heavy (non-hydrogen) atoms. The molecule has 1 saturated heterocycles. The summed E-state index contributed by atoms with van der Waals surface area (Å²) in [7, 11) is 1.65. The van der Waals surface area contributed by atoms with Gasteiger partial charge in [-0.15, -0.1) is 0 Å². The van der Waals surface area contributed by atoms with Crippen molar-refractivity contribution in [1.82, 2.24) is 10.2 Å². The number of amides is 1. The van der Waals surface area contributed by atoms with Gasteiger partial charge >= 0.3 is 0 Å². The van der Waals surface area contributed by atoms with Crippen molar-refractivity contribution in [3.8, 4) is 5.75 Å². The molecule has 1 fully saturated rings. The van der Waals surface area contributed by atoms with E-state index in [2.05, 4.69) is 10.2 Å². The maximum atomic E-state index is 12.7. The lowest BCUT2D eigenvalue weighted by Crippen LogP contribution is -2.40. The summed E-state index contributed by atoms with van der Waals surface area (Å²) >= 11 is 12.1. The van der Waals surface area contributed by atoms with Crippen LogP contribution in [0.15, 0.2) is 42.5 Å². The van der Waals surface area contributed by atoms with E-state index in [0.717, 1.165) is 49.4 Å². The van der Waals surface area contributed by atoms with Gasteiger partial charge < -0.3 is 10.1 Å². The molecule has 4 nitrogen and oxygen atoms in total. The molecule has 1 aliphatic heterocycles. The van der Waals surface area contributed by atoms with Crippen LogP contribution < -0.4 is 10.1 Å². The van der Waals surface area contributed by atoms with E-state index in [1.165, 1.54) is 0 Å². The van der Waals surface area contributed by atoms with Crippen LogP contribution in [0.2, 0.25) is 10.0 Å². The molecule has 2 aromatic rings. The molecule has 0 spiro atoms. The Morgan fingerprint density at radius 3 is 2.57 bits per heavy atom. The quantitative estimate of drug-likeness (QED) is 0.707. The Labute approximate surface area is 176 Å². The lowest BCUT2D eigenvalue weighted by atomic mass is 9.94. The second kappa shape index (κ2) is 9.64. The number of nitrogens with one attached hydrogen (secondary N) is 1. The van der Waals surface area contributed by atoms with Crippen molar-refractivity contribution in [2.24, 2.45) is 5.92 Å².